The topological polar surface area (TPSA) is 18.5 Å². The van der Waals surface area contributed by atoms with Crippen LogP contribution in [0.5, 0.6) is 5.75 Å². The van der Waals surface area contributed by atoms with Gasteiger partial charge in [0.2, 0.25) is 0 Å². The minimum absolute atomic E-state index is 0.571. The molecule has 1 atom stereocenters. The monoisotopic (exact) mass is 284 g/mol. The van der Waals surface area contributed by atoms with Crippen LogP contribution in [-0.4, -0.2) is 25.2 Å². The lowest BCUT2D eigenvalue weighted by atomic mass is 10.1. The zero-order valence-electron chi connectivity index (χ0n) is 9.32. The first-order valence-corrected chi connectivity index (χ1v) is 6.86. The van der Waals surface area contributed by atoms with Crippen molar-refractivity contribution >= 4 is 15.9 Å². The van der Waals surface area contributed by atoms with Crippen LogP contribution in [0.2, 0.25) is 0 Å². The van der Waals surface area contributed by atoms with Crippen molar-refractivity contribution in [3.05, 3.63) is 29.8 Å². The first kappa shape index (κ1) is 11.9. The molecular weight excluding hydrogens is 268 g/mol. The molecule has 0 radical (unpaired) electrons. The highest BCUT2D eigenvalue weighted by molar-refractivity contribution is 9.09. The summed E-state index contributed by atoms with van der Waals surface area (Å²) in [4.78, 5) is 0. The Morgan fingerprint density at radius 1 is 1.31 bits per heavy atom. The Hall–Kier alpha value is -0.540. The quantitative estimate of drug-likeness (QED) is 0.774. The highest BCUT2D eigenvalue weighted by Gasteiger charge is 2.15. The summed E-state index contributed by atoms with van der Waals surface area (Å²) in [6.07, 6.45) is 2.19. The number of rotatable bonds is 5. The number of aryl methyl sites for hydroxylation is 1. The largest absolute Gasteiger partial charge is 0.493 e. The Kier molecular flexibility index (Phi) is 4.67. The summed E-state index contributed by atoms with van der Waals surface area (Å²) in [5.74, 6) is 1.53. The van der Waals surface area contributed by atoms with Crippen molar-refractivity contribution in [3.63, 3.8) is 0 Å². The standard InChI is InChI=1S/C13H17BrO2/c14-7-5-11-1-3-13(4-2-11)16-10-12-6-8-15-9-12/h1-4,12H,5-10H2. The van der Waals surface area contributed by atoms with Gasteiger partial charge < -0.3 is 9.47 Å². The Bertz CT molecular complexity index is 304. The summed E-state index contributed by atoms with van der Waals surface area (Å²) in [7, 11) is 0. The second kappa shape index (κ2) is 6.26. The average Bonchev–Trinajstić information content (AvgIpc) is 2.82. The molecule has 3 heteroatoms. The number of hydrogen-bond acceptors (Lipinski definition) is 2. The third-order valence-corrected chi connectivity index (χ3v) is 3.21. The van der Waals surface area contributed by atoms with Crippen molar-refractivity contribution in [3.8, 4) is 5.75 Å². The average molecular weight is 285 g/mol. The Balaban J connectivity index is 1.80. The van der Waals surface area contributed by atoms with E-state index in [9.17, 15) is 0 Å². The van der Waals surface area contributed by atoms with Gasteiger partial charge in [0, 0.05) is 17.9 Å². The molecule has 0 aliphatic carbocycles. The van der Waals surface area contributed by atoms with E-state index in [0.29, 0.717) is 5.92 Å². The van der Waals surface area contributed by atoms with Crippen molar-refractivity contribution in [2.24, 2.45) is 5.92 Å². The van der Waals surface area contributed by atoms with Crippen LogP contribution >= 0.6 is 15.9 Å². The van der Waals surface area contributed by atoms with Crippen LogP contribution in [-0.2, 0) is 11.2 Å². The molecule has 88 valence electrons. The van der Waals surface area contributed by atoms with Crippen LogP contribution in [0.4, 0.5) is 0 Å². The van der Waals surface area contributed by atoms with Crippen LogP contribution in [0.15, 0.2) is 24.3 Å². The number of benzene rings is 1. The fourth-order valence-electron chi connectivity index (χ4n) is 1.79. The summed E-state index contributed by atoms with van der Waals surface area (Å²) in [5, 5.41) is 1.01. The van der Waals surface area contributed by atoms with E-state index in [2.05, 4.69) is 28.1 Å². The number of ether oxygens (including phenoxy) is 2. The first-order chi connectivity index (χ1) is 7.88. The van der Waals surface area contributed by atoms with Crippen LogP contribution in [0.3, 0.4) is 0 Å². The molecule has 0 N–H and O–H groups in total. The van der Waals surface area contributed by atoms with Gasteiger partial charge in [-0.1, -0.05) is 28.1 Å². The molecule has 0 aromatic heterocycles. The first-order valence-electron chi connectivity index (χ1n) is 5.74. The smallest absolute Gasteiger partial charge is 0.119 e. The van der Waals surface area contributed by atoms with Crippen molar-refractivity contribution in [1.82, 2.24) is 0 Å². The van der Waals surface area contributed by atoms with Crippen molar-refractivity contribution < 1.29 is 9.47 Å². The molecule has 0 bridgehead atoms. The molecule has 2 nitrogen and oxygen atoms in total. The maximum atomic E-state index is 5.73. The molecule has 1 heterocycles. The molecule has 0 saturated carbocycles. The minimum Gasteiger partial charge on any atom is -0.493 e. The van der Waals surface area contributed by atoms with Crippen molar-refractivity contribution in [2.75, 3.05) is 25.2 Å². The fourth-order valence-corrected chi connectivity index (χ4v) is 2.25. The Morgan fingerprint density at radius 2 is 2.12 bits per heavy atom. The van der Waals surface area contributed by atoms with E-state index in [1.54, 1.807) is 0 Å². The zero-order chi connectivity index (χ0) is 11.2. The van der Waals surface area contributed by atoms with Gasteiger partial charge in [-0.05, 0) is 30.5 Å². The molecule has 1 aliphatic rings. The van der Waals surface area contributed by atoms with E-state index >= 15 is 0 Å². The lowest BCUT2D eigenvalue weighted by Crippen LogP contribution is -2.11. The van der Waals surface area contributed by atoms with Gasteiger partial charge >= 0.3 is 0 Å². The van der Waals surface area contributed by atoms with Crippen LogP contribution in [0.1, 0.15) is 12.0 Å². The van der Waals surface area contributed by atoms with E-state index in [1.165, 1.54) is 5.56 Å². The van der Waals surface area contributed by atoms with E-state index in [4.69, 9.17) is 9.47 Å². The minimum atomic E-state index is 0.571. The molecule has 1 unspecified atom stereocenters. The van der Waals surface area contributed by atoms with Gasteiger partial charge in [0.15, 0.2) is 0 Å². The maximum absolute atomic E-state index is 5.73. The van der Waals surface area contributed by atoms with Crippen LogP contribution in [0, 0.1) is 5.92 Å². The molecule has 0 spiro atoms. The molecule has 2 rings (SSSR count). The molecule has 1 aromatic rings. The van der Waals surface area contributed by atoms with Crippen molar-refractivity contribution in [1.29, 1.82) is 0 Å². The van der Waals surface area contributed by atoms with Gasteiger partial charge in [0.05, 0.1) is 13.2 Å². The van der Waals surface area contributed by atoms with Gasteiger partial charge in [-0.3, -0.25) is 0 Å². The summed E-state index contributed by atoms with van der Waals surface area (Å²) in [6.45, 7) is 2.51. The van der Waals surface area contributed by atoms with Crippen molar-refractivity contribution in [2.45, 2.75) is 12.8 Å². The summed E-state index contributed by atoms with van der Waals surface area (Å²) in [6, 6.07) is 8.35. The highest BCUT2D eigenvalue weighted by atomic mass is 79.9. The Morgan fingerprint density at radius 3 is 2.75 bits per heavy atom. The van der Waals surface area contributed by atoms with Crippen LogP contribution in [0.25, 0.3) is 0 Å². The summed E-state index contributed by atoms with van der Waals surface area (Å²) < 4.78 is 11.0. The maximum Gasteiger partial charge on any atom is 0.119 e. The molecule has 1 aliphatic heterocycles. The summed E-state index contributed by atoms with van der Waals surface area (Å²) >= 11 is 3.43. The molecule has 1 saturated heterocycles. The van der Waals surface area contributed by atoms with E-state index < -0.39 is 0 Å². The Labute approximate surface area is 105 Å². The van der Waals surface area contributed by atoms with E-state index in [0.717, 1.165) is 43.7 Å². The van der Waals surface area contributed by atoms with E-state index in [1.807, 2.05) is 12.1 Å². The normalized spacial score (nSPS) is 19.9. The van der Waals surface area contributed by atoms with Gasteiger partial charge in [-0.2, -0.15) is 0 Å². The third kappa shape index (κ3) is 3.49. The summed E-state index contributed by atoms with van der Waals surface area (Å²) in [5.41, 5.74) is 1.34. The third-order valence-electron chi connectivity index (χ3n) is 2.82. The number of alkyl halides is 1. The highest BCUT2D eigenvalue weighted by Crippen LogP contribution is 2.17. The fraction of sp³-hybridized carbons (Fsp3) is 0.538. The van der Waals surface area contributed by atoms with Gasteiger partial charge in [0.25, 0.3) is 0 Å². The molecule has 0 amide bonds. The van der Waals surface area contributed by atoms with Gasteiger partial charge in [-0.15, -0.1) is 0 Å². The molecule has 1 fully saturated rings. The second-order valence-electron chi connectivity index (χ2n) is 4.12. The lowest BCUT2D eigenvalue weighted by Gasteiger charge is -2.10. The predicted molar refractivity (Wildman–Crippen MR) is 68.4 cm³/mol. The van der Waals surface area contributed by atoms with Gasteiger partial charge in [-0.25, -0.2) is 0 Å². The number of halogens is 1. The van der Waals surface area contributed by atoms with Gasteiger partial charge in [0.1, 0.15) is 5.75 Å². The second-order valence-corrected chi connectivity index (χ2v) is 4.92. The SMILES string of the molecule is BrCCc1ccc(OCC2CCOC2)cc1. The molecule has 16 heavy (non-hydrogen) atoms. The predicted octanol–water partition coefficient (Wildman–Crippen LogP) is 3.04. The number of hydrogen-bond donors (Lipinski definition) is 0. The lowest BCUT2D eigenvalue weighted by molar-refractivity contribution is 0.167. The molecule has 1 aromatic carbocycles. The zero-order valence-corrected chi connectivity index (χ0v) is 10.9. The molecular formula is C13H17BrO2. The van der Waals surface area contributed by atoms with Crippen LogP contribution < -0.4 is 4.74 Å². The van der Waals surface area contributed by atoms with E-state index in [-0.39, 0.29) is 0 Å².